The average Bonchev–Trinajstić information content (AvgIpc) is 3.68. The van der Waals surface area contributed by atoms with Crippen molar-refractivity contribution in [2.24, 2.45) is 0 Å². The summed E-state index contributed by atoms with van der Waals surface area (Å²) < 4.78 is 6.66. The van der Waals surface area contributed by atoms with E-state index in [0.29, 0.717) is 17.5 Å². The number of nitrogens with zero attached hydrogens (tertiary/aromatic N) is 3. The van der Waals surface area contributed by atoms with Crippen LogP contribution in [0.1, 0.15) is 12.7 Å². The van der Waals surface area contributed by atoms with Crippen LogP contribution in [-0.2, 0) is 0 Å². The van der Waals surface area contributed by atoms with Crippen LogP contribution in [0.2, 0.25) is 0 Å². The van der Waals surface area contributed by atoms with Crippen LogP contribution in [0.3, 0.4) is 0 Å². The molecule has 0 saturated heterocycles. The van der Waals surface area contributed by atoms with Gasteiger partial charge in [0.05, 0.1) is 0 Å². The van der Waals surface area contributed by atoms with E-state index < -0.39 is 0 Å². The molecule has 0 aliphatic rings. The summed E-state index contributed by atoms with van der Waals surface area (Å²) in [5.41, 5.74) is 9.04. The lowest BCUT2D eigenvalue weighted by molar-refractivity contribution is 0.669. The van der Waals surface area contributed by atoms with Crippen molar-refractivity contribution in [2.45, 2.75) is 6.92 Å². The fourth-order valence-electron chi connectivity index (χ4n) is 8.73. The Morgan fingerprint density at radius 3 is 1.80 bits per heavy atom. The molecule has 9 aromatic carbocycles. The molecule has 0 aliphatic carbocycles. The average molecular weight is 768 g/mol. The molecule has 11 aromatic rings. The van der Waals surface area contributed by atoms with Crippen molar-refractivity contribution in [3.63, 3.8) is 0 Å². The molecule has 0 saturated carbocycles. The lowest BCUT2D eigenvalue weighted by atomic mass is 9.87. The molecule has 4 heteroatoms. The predicted octanol–water partition coefficient (Wildman–Crippen LogP) is 12.7. The summed E-state index contributed by atoms with van der Waals surface area (Å²) in [7, 11) is 0. The quantitative estimate of drug-likeness (QED) is 0.175. The number of benzene rings is 9. The van der Waals surface area contributed by atoms with Crippen LogP contribution in [-0.4, -0.2) is 15.0 Å². The van der Waals surface area contributed by atoms with E-state index in [1.165, 1.54) is 5.39 Å². The molecular formula is C56H37N3O. The largest absolute Gasteiger partial charge is 0.456 e. The second kappa shape index (κ2) is 14.5. The van der Waals surface area contributed by atoms with Gasteiger partial charge in [-0.15, -0.1) is 0 Å². The van der Waals surface area contributed by atoms with E-state index in [4.69, 9.17) is 19.4 Å². The van der Waals surface area contributed by atoms with E-state index in [1.807, 2.05) is 30.3 Å². The fraction of sp³-hybridized carbons (Fsp3) is 0.0179. The van der Waals surface area contributed by atoms with Crippen molar-refractivity contribution in [3.05, 3.63) is 221 Å². The van der Waals surface area contributed by atoms with Gasteiger partial charge >= 0.3 is 0 Å². The molecule has 60 heavy (non-hydrogen) atoms. The molecular weight excluding hydrogens is 731 g/mol. The van der Waals surface area contributed by atoms with Gasteiger partial charge < -0.3 is 4.42 Å². The summed E-state index contributed by atoms with van der Waals surface area (Å²) in [5, 5.41) is 10.8. The molecule has 0 radical (unpaired) electrons. The van der Waals surface area contributed by atoms with Gasteiger partial charge in [0.15, 0.2) is 17.5 Å². The van der Waals surface area contributed by atoms with Gasteiger partial charge in [0.2, 0.25) is 0 Å². The lowest BCUT2D eigenvalue weighted by Crippen LogP contribution is -2.13. The normalized spacial score (nSPS) is 12.7. The lowest BCUT2D eigenvalue weighted by Gasteiger charge is -2.17. The number of hydrogen-bond donors (Lipinski definition) is 0. The molecule has 0 spiro atoms. The molecule has 0 atom stereocenters. The molecule has 2 heterocycles. The van der Waals surface area contributed by atoms with Crippen LogP contribution in [0.5, 0.6) is 0 Å². The number of furan rings is 1. The second-order valence-corrected chi connectivity index (χ2v) is 15.2. The Kier molecular flexibility index (Phi) is 8.49. The van der Waals surface area contributed by atoms with E-state index >= 15 is 0 Å². The molecule has 2 aromatic heterocycles. The highest BCUT2D eigenvalue weighted by atomic mass is 16.3. The molecule has 11 rings (SSSR count). The summed E-state index contributed by atoms with van der Waals surface area (Å²) in [6.07, 6.45) is 0. The smallest absolute Gasteiger partial charge is 0.164 e. The summed E-state index contributed by atoms with van der Waals surface area (Å²) >= 11 is 0. The fourth-order valence-corrected chi connectivity index (χ4v) is 8.73. The van der Waals surface area contributed by atoms with Crippen LogP contribution in [0.4, 0.5) is 0 Å². The minimum Gasteiger partial charge on any atom is -0.456 e. The van der Waals surface area contributed by atoms with Crippen LogP contribution in [0.15, 0.2) is 199 Å². The van der Waals surface area contributed by atoms with Gasteiger partial charge in [-0.3, -0.25) is 0 Å². The Balaban J connectivity index is 1.20. The van der Waals surface area contributed by atoms with Crippen molar-refractivity contribution in [1.82, 2.24) is 15.0 Å². The van der Waals surface area contributed by atoms with Crippen LogP contribution in [0.25, 0.3) is 101 Å². The van der Waals surface area contributed by atoms with Gasteiger partial charge in [0.25, 0.3) is 0 Å². The van der Waals surface area contributed by atoms with Gasteiger partial charge in [0.1, 0.15) is 11.2 Å². The Bertz CT molecular complexity index is 3690. The summed E-state index contributed by atoms with van der Waals surface area (Å²) in [4.78, 5) is 15.7. The van der Waals surface area contributed by atoms with Crippen molar-refractivity contribution < 1.29 is 4.42 Å². The van der Waals surface area contributed by atoms with Crippen molar-refractivity contribution in [2.75, 3.05) is 0 Å². The van der Waals surface area contributed by atoms with Gasteiger partial charge in [-0.25, -0.2) is 15.0 Å². The standard InChI is InChI=1S/C56H37N3O/c1-35-17-9-12-24-41(35)44-26-14-13-25-42(44)36(2)54-57-55(38-20-7-4-8-21-38)59-56(58-54)48-30-29-47(45-27-15-16-28-46(45)48)52-43(37-18-5-3-6-19-37)31-32-50-53(52)49-33-39-22-10-11-23-40(39)34-51(49)60-50/h3-34H,1H2,2H3/b42-36+,44-41-. The first-order valence-corrected chi connectivity index (χ1v) is 20.2. The maximum atomic E-state index is 6.66. The first-order chi connectivity index (χ1) is 29.6. The zero-order valence-corrected chi connectivity index (χ0v) is 32.9. The molecule has 0 unspecified atom stereocenters. The summed E-state index contributed by atoms with van der Waals surface area (Å²) in [5.74, 6) is 1.85. The highest BCUT2D eigenvalue weighted by Gasteiger charge is 2.22. The highest BCUT2D eigenvalue weighted by Crippen LogP contribution is 2.46. The van der Waals surface area contributed by atoms with Gasteiger partial charge in [0, 0.05) is 33.0 Å². The number of rotatable bonds is 5. The van der Waals surface area contributed by atoms with Crippen LogP contribution in [0, 0.1) is 10.4 Å². The maximum Gasteiger partial charge on any atom is 0.164 e. The minimum absolute atomic E-state index is 0.609. The third-order valence-electron chi connectivity index (χ3n) is 11.7. The molecule has 0 bridgehead atoms. The molecule has 0 aliphatic heterocycles. The molecule has 0 amide bonds. The molecule has 0 fully saturated rings. The molecule has 4 nitrogen and oxygen atoms in total. The predicted molar refractivity (Wildman–Crippen MR) is 247 cm³/mol. The van der Waals surface area contributed by atoms with E-state index in [1.54, 1.807) is 0 Å². The van der Waals surface area contributed by atoms with Crippen molar-refractivity contribution in [3.8, 4) is 45.0 Å². The summed E-state index contributed by atoms with van der Waals surface area (Å²) in [6, 6.07) is 67.7. The minimum atomic E-state index is 0.609. The SMILES string of the molecule is C=c1cccc/c1=c1\cccc\c1=C(\C)c1nc(-c2ccccc2)nc(-c2ccc(-c3c(-c4ccccc4)ccc4oc5cc6ccccc6cc5c34)c3ccccc23)n1. The van der Waals surface area contributed by atoms with Crippen molar-refractivity contribution >= 4 is 55.6 Å². The maximum absolute atomic E-state index is 6.66. The van der Waals surface area contributed by atoms with Crippen LogP contribution < -0.4 is 10.4 Å². The van der Waals surface area contributed by atoms with Gasteiger partial charge in [-0.1, -0.05) is 176 Å². The zero-order valence-electron chi connectivity index (χ0n) is 32.9. The molecule has 0 N–H and O–H groups in total. The summed E-state index contributed by atoms with van der Waals surface area (Å²) in [6.45, 7) is 6.44. The first-order valence-electron chi connectivity index (χ1n) is 20.2. The Labute approximate surface area is 346 Å². The number of fused-ring (bicyclic) bond motifs is 5. The third-order valence-corrected chi connectivity index (χ3v) is 11.7. The van der Waals surface area contributed by atoms with Crippen LogP contribution >= 0.6 is 0 Å². The second-order valence-electron chi connectivity index (χ2n) is 15.2. The third kappa shape index (κ3) is 5.97. The first kappa shape index (κ1) is 35.2. The monoisotopic (exact) mass is 767 g/mol. The van der Waals surface area contributed by atoms with Gasteiger partial charge in [-0.2, -0.15) is 0 Å². The van der Waals surface area contributed by atoms with E-state index in [2.05, 4.69) is 177 Å². The van der Waals surface area contributed by atoms with Crippen molar-refractivity contribution in [1.29, 1.82) is 0 Å². The Morgan fingerprint density at radius 1 is 0.450 bits per heavy atom. The van der Waals surface area contributed by atoms with Gasteiger partial charge in [-0.05, 0) is 90.3 Å². The molecule has 282 valence electrons. The number of hydrogen-bond acceptors (Lipinski definition) is 4. The topological polar surface area (TPSA) is 51.8 Å². The Morgan fingerprint density at radius 2 is 1.03 bits per heavy atom. The van der Waals surface area contributed by atoms with E-state index in [-0.39, 0.29) is 0 Å². The van der Waals surface area contributed by atoms with E-state index in [9.17, 15) is 0 Å². The Hall–Kier alpha value is -7.95. The zero-order chi connectivity index (χ0) is 40.2. The van der Waals surface area contributed by atoms with E-state index in [0.717, 1.165) is 97.9 Å². The highest BCUT2D eigenvalue weighted by molar-refractivity contribution is 6.21. The number of aromatic nitrogens is 3.